The summed E-state index contributed by atoms with van der Waals surface area (Å²) in [5, 5.41) is 13.8. The quantitative estimate of drug-likeness (QED) is 0.374. The molecule has 1 amide bonds. The van der Waals surface area contributed by atoms with E-state index in [1.54, 1.807) is 45.0 Å². The van der Waals surface area contributed by atoms with Crippen LogP contribution < -0.4 is 40.0 Å². The molecule has 0 saturated carbocycles. The smallest absolute Gasteiger partial charge is 0.550 e. The van der Waals surface area contributed by atoms with Crippen LogP contribution in [-0.2, 0) is 19.1 Å². The minimum absolute atomic E-state index is 0. The Hall–Kier alpha value is -1.28. The number of benzene rings is 1. The number of nitrogens with one attached hydrogen (secondary N) is 1. The van der Waals surface area contributed by atoms with Crippen molar-refractivity contribution in [1.29, 1.82) is 0 Å². The van der Waals surface area contributed by atoms with E-state index in [1.807, 2.05) is 0 Å². The van der Waals surface area contributed by atoms with Gasteiger partial charge in [-0.15, -0.1) is 0 Å². The zero-order valence-corrected chi connectivity index (χ0v) is 19.0. The summed E-state index contributed by atoms with van der Waals surface area (Å²) < 4.78 is 10.1. The first-order chi connectivity index (χ1) is 12.0. The Bertz CT molecular complexity index is 644. The summed E-state index contributed by atoms with van der Waals surface area (Å²) in [6.45, 7) is 6.46. The van der Waals surface area contributed by atoms with Crippen molar-refractivity contribution < 1.29 is 58.5 Å². The van der Waals surface area contributed by atoms with E-state index >= 15 is 0 Å². The van der Waals surface area contributed by atoms with Gasteiger partial charge >= 0.3 is 41.6 Å². The van der Waals surface area contributed by atoms with E-state index in [1.165, 1.54) is 6.92 Å². The predicted octanol–water partition coefficient (Wildman–Crippen LogP) is -0.423. The number of ether oxygens (including phenoxy) is 2. The molecule has 1 aromatic rings. The van der Waals surface area contributed by atoms with Gasteiger partial charge in [0.2, 0.25) is 6.29 Å². The number of carbonyl (C=O) groups excluding carboxylic acids is 3. The van der Waals surface area contributed by atoms with Gasteiger partial charge in [0.1, 0.15) is 0 Å². The Morgan fingerprint density at radius 3 is 2.19 bits per heavy atom. The molecular formula is C18H23ClNNaO6. The second-order valence-electron chi connectivity index (χ2n) is 6.79. The van der Waals surface area contributed by atoms with E-state index in [0.29, 0.717) is 10.6 Å². The number of aliphatic carboxylic acids is 1. The maximum atomic E-state index is 12.1. The first-order valence-corrected chi connectivity index (χ1v) is 8.50. The van der Waals surface area contributed by atoms with Crippen molar-refractivity contribution in [3.8, 4) is 0 Å². The van der Waals surface area contributed by atoms with Gasteiger partial charge in [0.15, 0.2) is 0 Å². The Kier molecular flexibility index (Phi) is 11.0. The molecule has 144 valence electrons. The SMILES string of the molecule is CC(OC(=O)NC(CCC(=O)[O-])c1ccc(Cl)cc1)OC(=O)C(C)(C)C.[Na+]. The monoisotopic (exact) mass is 407 g/mol. The van der Waals surface area contributed by atoms with Gasteiger partial charge in [-0.2, -0.15) is 0 Å². The maximum absolute atomic E-state index is 12.1. The first kappa shape index (κ1) is 25.7. The molecule has 0 aliphatic rings. The number of carbonyl (C=O) groups is 3. The molecule has 0 aliphatic heterocycles. The van der Waals surface area contributed by atoms with Crippen LogP contribution in [0, 0.1) is 5.41 Å². The van der Waals surface area contributed by atoms with Crippen LogP contribution in [0.25, 0.3) is 0 Å². The van der Waals surface area contributed by atoms with Crippen LogP contribution in [0.2, 0.25) is 5.02 Å². The molecule has 7 nitrogen and oxygen atoms in total. The van der Waals surface area contributed by atoms with Gasteiger partial charge in [-0.1, -0.05) is 23.7 Å². The molecule has 0 aromatic heterocycles. The Morgan fingerprint density at radius 2 is 1.70 bits per heavy atom. The van der Waals surface area contributed by atoms with Crippen LogP contribution >= 0.6 is 11.6 Å². The van der Waals surface area contributed by atoms with Crippen molar-refractivity contribution >= 4 is 29.6 Å². The molecule has 0 heterocycles. The number of amides is 1. The Labute approximate surface area is 186 Å². The molecular weight excluding hydrogens is 385 g/mol. The average Bonchev–Trinajstić information content (AvgIpc) is 2.51. The Morgan fingerprint density at radius 1 is 1.15 bits per heavy atom. The summed E-state index contributed by atoms with van der Waals surface area (Å²) in [7, 11) is 0. The third-order valence-electron chi connectivity index (χ3n) is 3.36. The molecule has 1 aromatic carbocycles. The zero-order chi connectivity index (χ0) is 19.9. The van der Waals surface area contributed by atoms with Gasteiger partial charge < -0.3 is 24.7 Å². The minimum Gasteiger partial charge on any atom is -0.550 e. The summed E-state index contributed by atoms with van der Waals surface area (Å²) in [4.78, 5) is 34.6. The van der Waals surface area contributed by atoms with Gasteiger partial charge in [0, 0.05) is 17.9 Å². The number of hydrogen-bond acceptors (Lipinski definition) is 6. The molecule has 1 rings (SSSR count). The third kappa shape index (κ3) is 10.0. The average molecular weight is 408 g/mol. The normalized spacial score (nSPS) is 12.9. The fraction of sp³-hybridized carbons (Fsp3) is 0.500. The van der Waals surface area contributed by atoms with Gasteiger partial charge in [0.05, 0.1) is 11.5 Å². The van der Waals surface area contributed by atoms with E-state index in [4.69, 9.17) is 21.1 Å². The number of alkyl carbamates (subject to hydrolysis) is 1. The molecule has 0 spiro atoms. The van der Waals surface area contributed by atoms with Crippen LogP contribution in [0.3, 0.4) is 0 Å². The Balaban J connectivity index is 0.00000676. The van der Waals surface area contributed by atoms with Crippen molar-refractivity contribution in [2.45, 2.75) is 52.9 Å². The minimum atomic E-state index is -1.23. The maximum Gasteiger partial charge on any atom is 1.00 e. The van der Waals surface area contributed by atoms with E-state index in [2.05, 4.69) is 5.32 Å². The van der Waals surface area contributed by atoms with Crippen molar-refractivity contribution in [2.24, 2.45) is 5.41 Å². The summed E-state index contributed by atoms with van der Waals surface area (Å²) >= 11 is 5.84. The summed E-state index contributed by atoms with van der Waals surface area (Å²) in [6.07, 6.45) is -2.07. The molecule has 27 heavy (non-hydrogen) atoms. The van der Waals surface area contributed by atoms with Crippen LogP contribution in [0.4, 0.5) is 4.79 Å². The van der Waals surface area contributed by atoms with E-state index in [-0.39, 0.29) is 42.4 Å². The van der Waals surface area contributed by atoms with Gasteiger partial charge in [0.25, 0.3) is 0 Å². The van der Waals surface area contributed by atoms with Crippen LogP contribution in [-0.4, -0.2) is 24.3 Å². The molecule has 2 atom stereocenters. The van der Waals surface area contributed by atoms with Crippen molar-refractivity contribution in [3.05, 3.63) is 34.9 Å². The largest absolute Gasteiger partial charge is 1.00 e. The zero-order valence-electron chi connectivity index (χ0n) is 16.2. The molecule has 0 aliphatic carbocycles. The topological polar surface area (TPSA) is 105 Å². The van der Waals surface area contributed by atoms with E-state index in [0.717, 1.165) is 0 Å². The summed E-state index contributed by atoms with van der Waals surface area (Å²) in [5.41, 5.74) is -0.0685. The summed E-state index contributed by atoms with van der Waals surface area (Å²) in [6, 6.07) is 5.98. The number of hydrogen-bond donors (Lipinski definition) is 1. The standard InChI is InChI=1S/C18H24ClNO6.Na/c1-11(25-16(23)18(2,3)4)26-17(24)20-14(9-10-15(21)22)12-5-7-13(19)8-6-12;/h5-8,11,14H,9-10H2,1-4H3,(H,20,24)(H,21,22);/q;+1/p-1. The number of carboxylic acids is 1. The molecule has 0 bridgehead atoms. The molecule has 0 saturated heterocycles. The molecule has 9 heteroatoms. The fourth-order valence-corrected chi connectivity index (χ4v) is 2.08. The molecule has 2 unspecified atom stereocenters. The predicted molar refractivity (Wildman–Crippen MR) is 93.1 cm³/mol. The molecule has 0 radical (unpaired) electrons. The number of halogens is 1. The third-order valence-corrected chi connectivity index (χ3v) is 3.61. The molecule has 0 fully saturated rings. The van der Waals surface area contributed by atoms with Gasteiger partial charge in [-0.3, -0.25) is 4.79 Å². The van der Waals surface area contributed by atoms with Gasteiger partial charge in [-0.05, 0) is 51.3 Å². The van der Waals surface area contributed by atoms with Crippen molar-refractivity contribution in [1.82, 2.24) is 5.32 Å². The van der Waals surface area contributed by atoms with Crippen molar-refractivity contribution in [2.75, 3.05) is 0 Å². The first-order valence-electron chi connectivity index (χ1n) is 8.12. The summed E-state index contributed by atoms with van der Waals surface area (Å²) in [5.74, 6) is -1.74. The van der Waals surface area contributed by atoms with Crippen LogP contribution in [0.1, 0.15) is 52.1 Å². The van der Waals surface area contributed by atoms with Crippen LogP contribution in [0.5, 0.6) is 0 Å². The second-order valence-corrected chi connectivity index (χ2v) is 7.22. The second kappa shape index (κ2) is 11.5. The number of carboxylic acid groups (broad SMARTS) is 1. The van der Waals surface area contributed by atoms with Crippen LogP contribution in [0.15, 0.2) is 24.3 Å². The van der Waals surface area contributed by atoms with E-state index in [9.17, 15) is 19.5 Å². The fourth-order valence-electron chi connectivity index (χ4n) is 1.96. The number of rotatable bonds is 7. The van der Waals surface area contributed by atoms with Gasteiger partial charge in [-0.25, -0.2) is 4.79 Å². The number of esters is 1. The van der Waals surface area contributed by atoms with Crippen molar-refractivity contribution in [3.63, 3.8) is 0 Å². The van der Waals surface area contributed by atoms with E-state index < -0.39 is 35.8 Å². The molecule has 1 N–H and O–H groups in total.